The minimum atomic E-state index is -0.274. The molecule has 0 unspecified atom stereocenters. The second-order valence-corrected chi connectivity index (χ2v) is 2.76. The maximum absolute atomic E-state index is 7.63. The van der Waals surface area contributed by atoms with Crippen molar-refractivity contribution in [2.75, 3.05) is 0 Å². The molecule has 0 saturated heterocycles. The summed E-state index contributed by atoms with van der Waals surface area (Å²) >= 11 is 5.86. The SMILES string of the molecule is [2H]c1c([2H])c([2H])c(C(C)C)c(Cl)c1[2H]. The van der Waals surface area contributed by atoms with E-state index in [1.807, 2.05) is 13.8 Å². The summed E-state index contributed by atoms with van der Waals surface area (Å²) in [6.45, 7) is 3.70. The van der Waals surface area contributed by atoms with E-state index in [2.05, 4.69) is 0 Å². The van der Waals surface area contributed by atoms with Crippen LogP contribution in [-0.2, 0) is 0 Å². The van der Waals surface area contributed by atoms with Crippen molar-refractivity contribution in [2.45, 2.75) is 19.8 Å². The fourth-order valence-corrected chi connectivity index (χ4v) is 1.02. The van der Waals surface area contributed by atoms with Gasteiger partial charge in [0.2, 0.25) is 0 Å². The second-order valence-electron chi connectivity index (χ2n) is 2.38. The molecule has 1 heteroatoms. The topological polar surface area (TPSA) is 0 Å². The number of benzene rings is 1. The Bertz CT molecular complexity index is 345. The molecule has 0 nitrogen and oxygen atoms in total. The first-order valence-electron chi connectivity index (χ1n) is 5.13. The van der Waals surface area contributed by atoms with Gasteiger partial charge in [-0.15, -0.1) is 0 Å². The van der Waals surface area contributed by atoms with Crippen LogP contribution in [0.4, 0.5) is 0 Å². The standard InChI is InChI=1S/C9H11Cl/c1-7(2)8-5-3-4-6-9(8)10/h3-7H,1-2H3/i3D,4D,5D,6D. The van der Waals surface area contributed by atoms with Crippen molar-refractivity contribution in [3.8, 4) is 0 Å². The second kappa shape index (κ2) is 3.07. The van der Waals surface area contributed by atoms with Gasteiger partial charge in [-0.2, -0.15) is 0 Å². The van der Waals surface area contributed by atoms with Gasteiger partial charge < -0.3 is 0 Å². The molecule has 1 aromatic rings. The van der Waals surface area contributed by atoms with E-state index < -0.39 is 0 Å². The third-order valence-electron chi connectivity index (χ3n) is 1.25. The van der Waals surface area contributed by atoms with Crippen LogP contribution in [0.25, 0.3) is 0 Å². The predicted octanol–water partition coefficient (Wildman–Crippen LogP) is 3.46. The molecule has 0 aromatic heterocycles. The Balaban J connectivity index is 3.60. The van der Waals surface area contributed by atoms with Gasteiger partial charge >= 0.3 is 0 Å². The van der Waals surface area contributed by atoms with E-state index in [-0.39, 0.29) is 35.1 Å². The fourth-order valence-electron chi connectivity index (χ4n) is 0.705. The highest BCUT2D eigenvalue weighted by Crippen LogP contribution is 2.22. The number of halogens is 1. The Labute approximate surface area is 72.4 Å². The van der Waals surface area contributed by atoms with Crippen LogP contribution in [-0.4, -0.2) is 0 Å². The summed E-state index contributed by atoms with van der Waals surface area (Å²) in [6.07, 6.45) is 0. The Morgan fingerprint density at radius 3 is 2.60 bits per heavy atom. The zero-order chi connectivity index (χ0) is 11.0. The lowest BCUT2D eigenvalue weighted by molar-refractivity contribution is 0.867. The molecule has 0 amide bonds. The molecular formula is C9H11Cl. The molecule has 1 aromatic carbocycles. The quantitative estimate of drug-likeness (QED) is 0.587. The van der Waals surface area contributed by atoms with Crippen LogP contribution in [0, 0.1) is 0 Å². The molecule has 0 fully saturated rings. The molecular weight excluding hydrogens is 144 g/mol. The first-order chi connectivity index (χ1) is 6.37. The van der Waals surface area contributed by atoms with Gasteiger partial charge in [0.1, 0.15) is 0 Å². The normalized spacial score (nSPS) is 16.0. The summed E-state index contributed by atoms with van der Waals surface area (Å²) in [5, 5.41) is 0.131. The summed E-state index contributed by atoms with van der Waals surface area (Å²) in [7, 11) is 0. The summed E-state index contributed by atoms with van der Waals surface area (Å²) < 4.78 is 30.0. The van der Waals surface area contributed by atoms with Crippen LogP contribution in [0.5, 0.6) is 0 Å². The third-order valence-corrected chi connectivity index (χ3v) is 1.54. The van der Waals surface area contributed by atoms with E-state index in [4.69, 9.17) is 17.1 Å². The maximum Gasteiger partial charge on any atom is 0.0639 e. The molecule has 0 aliphatic carbocycles. The van der Waals surface area contributed by atoms with Crippen LogP contribution < -0.4 is 0 Å². The monoisotopic (exact) mass is 158 g/mol. The minimum Gasteiger partial charge on any atom is -0.0840 e. The first kappa shape index (κ1) is 3.77. The van der Waals surface area contributed by atoms with E-state index in [1.165, 1.54) is 0 Å². The van der Waals surface area contributed by atoms with E-state index in [0.29, 0.717) is 5.56 Å². The molecule has 10 heavy (non-hydrogen) atoms. The van der Waals surface area contributed by atoms with Gasteiger partial charge in [0.25, 0.3) is 0 Å². The number of rotatable bonds is 1. The van der Waals surface area contributed by atoms with Crippen LogP contribution in [0.1, 0.15) is 30.8 Å². The van der Waals surface area contributed by atoms with Gasteiger partial charge in [0.15, 0.2) is 0 Å². The van der Waals surface area contributed by atoms with E-state index in [1.54, 1.807) is 0 Å². The van der Waals surface area contributed by atoms with E-state index >= 15 is 0 Å². The zero-order valence-corrected chi connectivity index (χ0v) is 6.71. The Morgan fingerprint density at radius 1 is 1.40 bits per heavy atom. The molecule has 0 aliphatic rings. The van der Waals surface area contributed by atoms with Crippen LogP contribution in [0.15, 0.2) is 24.2 Å². The van der Waals surface area contributed by atoms with Gasteiger partial charge in [-0.1, -0.05) is 43.6 Å². The Kier molecular flexibility index (Phi) is 1.16. The van der Waals surface area contributed by atoms with Crippen molar-refractivity contribution >= 4 is 11.6 Å². The van der Waals surface area contributed by atoms with E-state index in [0.717, 1.165) is 0 Å². The average molecular weight is 159 g/mol. The number of hydrogen-bond acceptors (Lipinski definition) is 0. The molecule has 0 aliphatic heterocycles. The molecule has 54 valence electrons. The highest BCUT2D eigenvalue weighted by Gasteiger charge is 2.01. The molecule has 0 heterocycles. The first-order valence-corrected chi connectivity index (χ1v) is 3.51. The molecule has 0 radical (unpaired) electrons. The minimum absolute atomic E-state index is 0.0104. The van der Waals surface area contributed by atoms with Crippen molar-refractivity contribution in [3.05, 3.63) is 34.8 Å². The van der Waals surface area contributed by atoms with Gasteiger partial charge in [0.05, 0.1) is 5.48 Å². The largest absolute Gasteiger partial charge is 0.0840 e. The van der Waals surface area contributed by atoms with Gasteiger partial charge in [-0.25, -0.2) is 0 Å². The highest BCUT2D eigenvalue weighted by atomic mass is 35.5. The van der Waals surface area contributed by atoms with Crippen molar-refractivity contribution in [2.24, 2.45) is 0 Å². The molecule has 1 rings (SSSR count). The van der Waals surface area contributed by atoms with Crippen molar-refractivity contribution in [3.63, 3.8) is 0 Å². The molecule has 0 saturated carbocycles. The lowest BCUT2D eigenvalue weighted by Gasteiger charge is -2.05. The fraction of sp³-hybridized carbons (Fsp3) is 0.333. The molecule has 0 atom stereocenters. The van der Waals surface area contributed by atoms with E-state index in [9.17, 15) is 0 Å². The van der Waals surface area contributed by atoms with Crippen molar-refractivity contribution in [1.29, 1.82) is 0 Å². The molecule has 0 N–H and O–H groups in total. The average Bonchev–Trinajstić information content (AvgIpc) is 2.11. The third kappa shape index (κ3) is 1.51. The number of hydrogen-bond donors (Lipinski definition) is 0. The summed E-state index contributed by atoms with van der Waals surface area (Å²) in [4.78, 5) is 0. The molecule has 0 spiro atoms. The van der Waals surface area contributed by atoms with Crippen LogP contribution in [0.2, 0.25) is 5.02 Å². The summed E-state index contributed by atoms with van der Waals surface area (Å²) in [5.41, 5.74) is 0.484. The van der Waals surface area contributed by atoms with Crippen molar-refractivity contribution < 1.29 is 5.48 Å². The highest BCUT2D eigenvalue weighted by molar-refractivity contribution is 6.31. The Hall–Kier alpha value is -0.490. The van der Waals surface area contributed by atoms with Gasteiger partial charge in [0, 0.05) is 5.02 Å². The Morgan fingerprint density at radius 2 is 2.00 bits per heavy atom. The predicted molar refractivity (Wildman–Crippen MR) is 45.5 cm³/mol. The lowest BCUT2D eigenvalue weighted by Crippen LogP contribution is -1.86. The zero-order valence-electron chi connectivity index (χ0n) is 9.96. The smallest absolute Gasteiger partial charge is 0.0639 e. The maximum atomic E-state index is 7.63. The van der Waals surface area contributed by atoms with Crippen LogP contribution >= 0.6 is 11.6 Å². The van der Waals surface area contributed by atoms with Crippen LogP contribution in [0.3, 0.4) is 0 Å². The summed E-state index contributed by atoms with van der Waals surface area (Å²) in [6, 6.07) is -0.685. The van der Waals surface area contributed by atoms with Gasteiger partial charge in [-0.3, -0.25) is 0 Å². The summed E-state index contributed by atoms with van der Waals surface area (Å²) in [5.74, 6) is -0.0104. The molecule has 0 bridgehead atoms. The lowest BCUT2D eigenvalue weighted by atomic mass is 10.0. The van der Waals surface area contributed by atoms with Gasteiger partial charge in [-0.05, 0) is 17.5 Å². The van der Waals surface area contributed by atoms with Crippen molar-refractivity contribution in [1.82, 2.24) is 0 Å².